The second kappa shape index (κ2) is 4.47. The minimum atomic E-state index is -0.818. The van der Waals surface area contributed by atoms with Crippen molar-refractivity contribution >= 4 is 23.3 Å². The van der Waals surface area contributed by atoms with Gasteiger partial charge >= 0.3 is 6.03 Å². The molecule has 0 aliphatic carbocycles. The lowest BCUT2D eigenvalue weighted by Gasteiger charge is -2.01. The Labute approximate surface area is 84.0 Å². The molecule has 76 valence electrons. The number of ether oxygens (including phenoxy) is 1. The predicted octanol–water partition coefficient (Wildman–Crippen LogP) is 0.0698. The van der Waals surface area contributed by atoms with E-state index in [-0.39, 0.29) is 0 Å². The van der Waals surface area contributed by atoms with Crippen molar-refractivity contribution in [3.05, 3.63) is 16.3 Å². The Hall–Kier alpha value is -1.76. The van der Waals surface area contributed by atoms with Crippen molar-refractivity contribution in [2.45, 2.75) is 0 Å². The number of rotatable bonds is 2. The fraction of sp³-hybridized carbons (Fsp3) is 0.143. The minimum absolute atomic E-state index is 0.426. The summed E-state index contributed by atoms with van der Waals surface area (Å²) in [5.74, 6) is 0.163. The number of hydrogen-bond acceptors (Lipinski definition) is 4. The van der Waals surface area contributed by atoms with Gasteiger partial charge in [0.05, 0.1) is 12.0 Å². The summed E-state index contributed by atoms with van der Waals surface area (Å²) in [6, 6.07) is 0.740. The largest absolute Gasteiger partial charge is 0.496 e. The van der Waals surface area contributed by atoms with Gasteiger partial charge in [0.25, 0.3) is 5.91 Å². The van der Waals surface area contributed by atoms with Gasteiger partial charge < -0.3 is 10.5 Å². The number of carbonyl (C=O) groups is 2. The molecule has 1 aromatic rings. The molecule has 0 aliphatic heterocycles. The maximum Gasteiger partial charge on any atom is 0.330 e. The lowest BCUT2D eigenvalue weighted by Crippen LogP contribution is -2.44. The molecule has 0 saturated heterocycles. The lowest BCUT2D eigenvalue weighted by molar-refractivity contribution is 0.0941. The number of amides is 3. The van der Waals surface area contributed by atoms with Gasteiger partial charge in [-0.15, -0.1) is 11.3 Å². The summed E-state index contributed by atoms with van der Waals surface area (Å²) in [6.45, 7) is 0. The number of hydrogen-bond donors (Lipinski definition) is 3. The third-order valence-electron chi connectivity index (χ3n) is 1.33. The SMILES string of the molecule is COc1csc(C(=O)NNC(N)=O)c1. The van der Waals surface area contributed by atoms with Crippen molar-refractivity contribution in [1.29, 1.82) is 0 Å². The van der Waals surface area contributed by atoms with Gasteiger partial charge in [-0.3, -0.25) is 10.2 Å². The Morgan fingerprint density at radius 2 is 2.21 bits per heavy atom. The first-order valence-electron chi connectivity index (χ1n) is 3.62. The maximum atomic E-state index is 11.3. The fourth-order valence-electron chi connectivity index (χ4n) is 0.725. The molecule has 6 nitrogen and oxygen atoms in total. The van der Waals surface area contributed by atoms with E-state index in [1.807, 2.05) is 5.43 Å². The zero-order valence-corrected chi connectivity index (χ0v) is 8.18. The highest BCUT2D eigenvalue weighted by Gasteiger charge is 2.09. The van der Waals surface area contributed by atoms with Gasteiger partial charge in [0.1, 0.15) is 5.75 Å². The van der Waals surface area contributed by atoms with E-state index in [1.165, 1.54) is 18.4 Å². The van der Waals surface area contributed by atoms with Crippen LogP contribution in [0.25, 0.3) is 0 Å². The van der Waals surface area contributed by atoms with Gasteiger partial charge in [-0.25, -0.2) is 10.2 Å². The second-order valence-corrected chi connectivity index (χ2v) is 3.21. The minimum Gasteiger partial charge on any atom is -0.496 e. The van der Waals surface area contributed by atoms with Gasteiger partial charge in [0, 0.05) is 11.4 Å². The average molecular weight is 215 g/mol. The third-order valence-corrected chi connectivity index (χ3v) is 2.24. The first kappa shape index (κ1) is 10.3. The van der Waals surface area contributed by atoms with E-state index in [0.717, 1.165) is 0 Å². The fourth-order valence-corrected chi connectivity index (χ4v) is 1.47. The maximum absolute atomic E-state index is 11.3. The first-order valence-corrected chi connectivity index (χ1v) is 4.49. The molecule has 0 aliphatic rings. The predicted molar refractivity (Wildman–Crippen MR) is 51.1 cm³/mol. The van der Waals surface area contributed by atoms with Crippen LogP contribution in [0.2, 0.25) is 0 Å². The van der Waals surface area contributed by atoms with Gasteiger partial charge in [-0.05, 0) is 0 Å². The molecular weight excluding hydrogens is 206 g/mol. The summed E-state index contributed by atoms with van der Waals surface area (Å²) in [5.41, 5.74) is 8.87. The van der Waals surface area contributed by atoms with Crippen LogP contribution in [0.4, 0.5) is 4.79 Å². The average Bonchev–Trinajstić information content (AvgIpc) is 2.62. The van der Waals surface area contributed by atoms with E-state index in [0.29, 0.717) is 10.6 Å². The topological polar surface area (TPSA) is 93.4 Å². The van der Waals surface area contributed by atoms with E-state index >= 15 is 0 Å². The van der Waals surface area contributed by atoms with E-state index in [1.54, 1.807) is 11.4 Å². The van der Waals surface area contributed by atoms with Crippen molar-refractivity contribution in [1.82, 2.24) is 10.9 Å². The van der Waals surface area contributed by atoms with Crippen LogP contribution in [0.3, 0.4) is 0 Å². The zero-order valence-electron chi connectivity index (χ0n) is 7.37. The van der Waals surface area contributed by atoms with Crippen LogP contribution < -0.4 is 21.3 Å². The number of nitrogens with two attached hydrogens (primary N) is 1. The van der Waals surface area contributed by atoms with Gasteiger partial charge in [-0.2, -0.15) is 0 Å². The van der Waals surface area contributed by atoms with Crippen LogP contribution in [-0.4, -0.2) is 19.0 Å². The van der Waals surface area contributed by atoms with Crippen LogP contribution in [0.15, 0.2) is 11.4 Å². The van der Waals surface area contributed by atoms with E-state index in [2.05, 4.69) is 5.43 Å². The Kier molecular flexibility index (Phi) is 3.29. The number of primary amides is 1. The molecular formula is C7H9N3O3S. The van der Waals surface area contributed by atoms with Gasteiger partial charge in [-0.1, -0.05) is 0 Å². The van der Waals surface area contributed by atoms with Crippen LogP contribution >= 0.6 is 11.3 Å². The Balaban J connectivity index is 2.56. The van der Waals surface area contributed by atoms with Crippen LogP contribution in [-0.2, 0) is 0 Å². The van der Waals surface area contributed by atoms with Crippen molar-refractivity contribution < 1.29 is 14.3 Å². The normalized spacial score (nSPS) is 9.21. The van der Waals surface area contributed by atoms with Crippen LogP contribution in [0.5, 0.6) is 5.75 Å². The number of methoxy groups -OCH3 is 1. The smallest absolute Gasteiger partial charge is 0.330 e. The first-order chi connectivity index (χ1) is 6.63. The standard InChI is InChI=1S/C7H9N3O3S/c1-13-4-2-5(14-3-4)6(11)9-10-7(8)12/h2-3H,1H3,(H,9,11)(H3,8,10,12). The number of carbonyl (C=O) groups excluding carboxylic acids is 2. The summed E-state index contributed by atoms with van der Waals surface area (Å²) in [7, 11) is 1.51. The highest BCUT2D eigenvalue weighted by Crippen LogP contribution is 2.20. The number of thiophene rings is 1. The Morgan fingerprint density at radius 1 is 1.50 bits per heavy atom. The van der Waals surface area contributed by atoms with E-state index < -0.39 is 11.9 Å². The summed E-state index contributed by atoms with van der Waals surface area (Å²) >= 11 is 1.20. The molecule has 0 atom stereocenters. The molecule has 0 spiro atoms. The molecule has 1 rings (SSSR count). The molecule has 0 radical (unpaired) electrons. The van der Waals surface area contributed by atoms with Crippen molar-refractivity contribution in [3.8, 4) is 5.75 Å². The number of hydrazine groups is 1. The molecule has 1 aromatic heterocycles. The molecule has 7 heteroatoms. The van der Waals surface area contributed by atoms with Crippen molar-refractivity contribution in [3.63, 3.8) is 0 Å². The summed E-state index contributed by atoms with van der Waals surface area (Å²) in [4.78, 5) is 21.9. The molecule has 4 N–H and O–H groups in total. The molecule has 0 saturated carbocycles. The number of urea groups is 1. The molecule has 0 fully saturated rings. The Morgan fingerprint density at radius 3 is 2.71 bits per heavy atom. The van der Waals surface area contributed by atoms with Crippen LogP contribution in [0, 0.1) is 0 Å². The third kappa shape index (κ3) is 2.63. The molecule has 0 aromatic carbocycles. The molecule has 3 amide bonds. The number of nitrogens with one attached hydrogen (secondary N) is 2. The van der Waals surface area contributed by atoms with E-state index in [4.69, 9.17) is 10.5 Å². The monoisotopic (exact) mass is 215 g/mol. The molecule has 0 bridgehead atoms. The van der Waals surface area contributed by atoms with Crippen molar-refractivity contribution in [2.75, 3.05) is 7.11 Å². The van der Waals surface area contributed by atoms with Gasteiger partial charge in [0.15, 0.2) is 0 Å². The van der Waals surface area contributed by atoms with Gasteiger partial charge in [0.2, 0.25) is 0 Å². The Bertz CT molecular complexity index is 350. The van der Waals surface area contributed by atoms with Crippen LogP contribution in [0.1, 0.15) is 9.67 Å². The zero-order chi connectivity index (χ0) is 10.6. The summed E-state index contributed by atoms with van der Waals surface area (Å²) in [5, 5.41) is 1.68. The van der Waals surface area contributed by atoms with E-state index in [9.17, 15) is 9.59 Å². The molecule has 1 heterocycles. The highest BCUT2D eigenvalue weighted by atomic mass is 32.1. The van der Waals surface area contributed by atoms with Crippen molar-refractivity contribution in [2.24, 2.45) is 5.73 Å². The quantitative estimate of drug-likeness (QED) is 0.609. The molecule has 0 unspecified atom stereocenters. The second-order valence-electron chi connectivity index (χ2n) is 2.29. The molecule has 14 heavy (non-hydrogen) atoms. The summed E-state index contributed by atoms with van der Waals surface area (Å²) < 4.78 is 4.89. The highest BCUT2D eigenvalue weighted by molar-refractivity contribution is 7.12. The lowest BCUT2D eigenvalue weighted by atomic mass is 10.4. The summed E-state index contributed by atoms with van der Waals surface area (Å²) in [6.07, 6.45) is 0.